The summed E-state index contributed by atoms with van der Waals surface area (Å²) in [4.78, 5) is 22.3. The van der Waals surface area contributed by atoms with Crippen molar-refractivity contribution in [2.24, 2.45) is 5.92 Å². The number of hydrogen-bond acceptors (Lipinski definition) is 3. The summed E-state index contributed by atoms with van der Waals surface area (Å²) in [6.45, 7) is 1.62. The fourth-order valence-corrected chi connectivity index (χ4v) is 2.47. The van der Waals surface area contributed by atoms with E-state index in [1.54, 1.807) is 6.92 Å². The summed E-state index contributed by atoms with van der Waals surface area (Å²) < 4.78 is 0. The van der Waals surface area contributed by atoms with Crippen LogP contribution in [0.3, 0.4) is 0 Å². The van der Waals surface area contributed by atoms with Crippen LogP contribution in [0.1, 0.15) is 43.2 Å². The summed E-state index contributed by atoms with van der Waals surface area (Å²) in [5.41, 5.74) is 1.85. The molecule has 0 aromatic heterocycles. The standard InChI is InChI=1S/C15H18O3/c1-10(15(17)18)12-7-5-11(6-8-12)9-13-3-2-4-14(13)16/h5-8,10,13H,2-4,9H2,1H3,(H,17,18)/p-1/t10-,13-/m0/s1. The van der Waals surface area contributed by atoms with Crippen molar-refractivity contribution in [1.82, 2.24) is 0 Å². The maximum absolute atomic E-state index is 11.6. The number of ketones is 1. The van der Waals surface area contributed by atoms with Gasteiger partial charge in [-0.05, 0) is 30.4 Å². The van der Waals surface area contributed by atoms with Crippen LogP contribution >= 0.6 is 0 Å². The van der Waals surface area contributed by atoms with E-state index in [2.05, 4.69) is 0 Å². The summed E-state index contributed by atoms with van der Waals surface area (Å²) in [5, 5.41) is 10.8. The minimum atomic E-state index is -1.06. The van der Waals surface area contributed by atoms with E-state index in [-0.39, 0.29) is 5.92 Å². The molecule has 2 rings (SSSR count). The van der Waals surface area contributed by atoms with Gasteiger partial charge in [0.05, 0.1) is 0 Å². The van der Waals surface area contributed by atoms with Crippen LogP contribution in [0.25, 0.3) is 0 Å². The van der Waals surface area contributed by atoms with E-state index in [0.717, 1.165) is 30.4 Å². The number of carboxylic acids is 1. The molecule has 0 bridgehead atoms. The molecule has 2 atom stereocenters. The fraction of sp³-hybridized carbons (Fsp3) is 0.467. The molecule has 0 unspecified atom stereocenters. The molecule has 1 saturated carbocycles. The van der Waals surface area contributed by atoms with Gasteiger partial charge < -0.3 is 9.90 Å². The molecule has 1 fully saturated rings. The number of rotatable bonds is 4. The summed E-state index contributed by atoms with van der Waals surface area (Å²) in [7, 11) is 0. The van der Waals surface area contributed by atoms with Gasteiger partial charge in [-0.15, -0.1) is 0 Å². The zero-order valence-corrected chi connectivity index (χ0v) is 10.5. The second-order valence-corrected chi connectivity index (χ2v) is 5.04. The van der Waals surface area contributed by atoms with Crippen molar-refractivity contribution in [3.05, 3.63) is 35.4 Å². The third-order valence-electron chi connectivity index (χ3n) is 3.75. The van der Waals surface area contributed by atoms with Crippen LogP contribution in [0, 0.1) is 5.92 Å². The lowest BCUT2D eigenvalue weighted by atomic mass is 9.94. The van der Waals surface area contributed by atoms with Crippen molar-refractivity contribution < 1.29 is 14.7 Å². The quantitative estimate of drug-likeness (QED) is 0.806. The third-order valence-corrected chi connectivity index (χ3v) is 3.75. The molecule has 1 aliphatic rings. The molecular weight excluding hydrogens is 228 g/mol. The summed E-state index contributed by atoms with van der Waals surface area (Å²) >= 11 is 0. The highest BCUT2D eigenvalue weighted by atomic mass is 16.4. The predicted molar refractivity (Wildman–Crippen MR) is 65.9 cm³/mol. The first-order chi connectivity index (χ1) is 8.58. The minimum absolute atomic E-state index is 0.161. The first kappa shape index (κ1) is 12.8. The van der Waals surface area contributed by atoms with Gasteiger partial charge in [-0.1, -0.05) is 31.2 Å². The molecule has 0 amide bonds. The number of benzene rings is 1. The molecule has 0 saturated heterocycles. The van der Waals surface area contributed by atoms with E-state index in [0.29, 0.717) is 12.2 Å². The van der Waals surface area contributed by atoms with Crippen LogP contribution in [0.2, 0.25) is 0 Å². The average molecular weight is 245 g/mol. The van der Waals surface area contributed by atoms with Crippen molar-refractivity contribution >= 4 is 11.8 Å². The maximum Gasteiger partial charge on any atom is 0.136 e. The van der Waals surface area contributed by atoms with Gasteiger partial charge in [0.25, 0.3) is 0 Å². The zero-order chi connectivity index (χ0) is 13.1. The van der Waals surface area contributed by atoms with Gasteiger partial charge in [0.15, 0.2) is 0 Å². The molecule has 3 nitrogen and oxygen atoms in total. The van der Waals surface area contributed by atoms with Crippen LogP contribution in [0.5, 0.6) is 0 Å². The fourth-order valence-electron chi connectivity index (χ4n) is 2.47. The Morgan fingerprint density at radius 1 is 1.39 bits per heavy atom. The Hall–Kier alpha value is -1.64. The smallest absolute Gasteiger partial charge is 0.136 e. The Kier molecular flexibility index (Phi) is 3.80. The van der Waals surface area contributed by atoms with E-state index in [1.807, 2.05) is 24.3 Å². The first-order valence-corrected chi connectivity index (χ1v) is 6.40. The largest absolute Gasteiger partial charge is 0.550 e. The summed E-state index contributed by atoms with van der Waals surface area (Å²) in [6, 6.07) is 7.46. The molecule has 0 aliphatic heterocycles. The Morgan fingerprint density at radius 3 is 2.56 bits per heavy atom. The molecule has 0 heterocycles. The number of carbonyl (C=O) groups is 2. The van der Waals surface area contributed by atoms with Crippen molar-refractivity contribution in [1.29, 1.82) is 0 Å². The molecule has 0 N–H and O–H groups in total. The van der Waals surface area contributed by atoms with Crippen LogP contribution in [-0.2, 0) is 16.0 Å². The van der Waals surface area contributed by atoms with Gasteiger partial charge in [-0.25, -0.2) is 0 Å². The van der Waals surface area contributed by atoms with Crippen LogP contribution < -0.4 is 5.11 Å². The zero-order valence-electron chi connectivity index (χ0n) is 10.5. The van der Waals surface area contributed by atoms with E-state index >= 15 is 0 Å². The van der Waals surface area contributed by atoms with E-state index in [9.17, 15) is 14.7 Å². The highest BCUT2D eigenvalue weighted by Gasteiger charge is 2.24. The lowest BCUT2D eigenvalue weighted by Crippen LogP contribution is -2.27. The van der Waals surface area contributed by atoms with Gasteiger partial charge in [0.2, 0.25) is 0 Å². The van der Waals surface area contributed by atoms with Crippen molar-refractivity contribution in [3.8, 4) is 0 Å². The predicted octanol–water partition coefficient (Wildman–Crippen LogP) is 1.45. The van der Waals surface area contributed by atoms with E-state index < -0.39 is 11.9 Å². The summed E-state index contributed by atoms with van der Waals surface area (Å²) in [6.07, 6.45) is 3.47. The van der Waals surface area contributed by atoms with Crippen molar-refractivity contribution in [2.75, 3.05) is 0 Å². The average Bonchev–Trinajstić information content (AvgIpc) is 2.75. The monoisotopic (exact) mass is 245 g/mol. The van der Waals surface area contributed by atoms with E-state index in [4.69, 9.17) is 0 Å². The van der Waals surface area contributed by atoms with Crippen LogP contribution in [-0.4, -0.2) is 11.8 Å². The first-order valence-electron chi connectivity index (χ1n) is 6.40. The molecule has 96 valence electrons. The molecular formula is C15H17O3-. The normalized spacial score (nSPS) is 20.9. The highest BCUT2D eigenvalue weighted by Crippen LogP contribution is 2.25. The second kappa shape index (κ2) is 5.34. The second-order valence-electron chi connectivity index (χ2n) is 5.04. The number of carboxylic acid groups (broad SMARTS) is 1. The van der Waals surface area contributed by atoms with Gasteiger partial charge in [0.1, 0.15) is 5.78 Å². The number of Topliss-reactive ketones (excluding diaryl/α,β-unsaturated/α-hetero) is 1. The molecule has 3 heteroatoms. The van der Waals surface area contributed by atoms with Gasteiger partial charge >= 0.3 is 0 Å². The third kappa shape index (κ3) is 2.78. The number of carbonyl (C=O) groups excluding carboxylic acids is 2. The lowest BCUT2D eigenvalue weighted by Gasteiger charge is -2.14. The topological polar surface area (TPSA) is 57.2 Å². The van der Waals surface area contributed by atoms with Gasteiger partial charge in [0, 0.05) is 24.2 Å². The van der Waals surface area contributed by atoms with Crippen LogP contribution in [0.15, 0.2) is 24.3 Å². The lowest BCUT2D eigenvalue weighted by molar-refractivity contribution is -0.307. The Morgan fingerprint density at radius 2 is 2.06 bits per heavy atom. The van der Waals surface area contributed by atoms with E-state index in [1.165, 1.54) is 0 Å². The maximum atomic E-state index is 11.6. The van der Waals surface area contributed by atoms with Crippen molar-refractivity contribution in [2.45, 2.75) is 38.5 Å². The highest BCUT2D eigenvalue weighted by molar-refractivity contribution is 5.83. The molecule has 0 spiro atoms. The number of hydrogen-bond donors (Lipinski definition) is 0. The van der Waals surface area contributed by atoms with Gasteiger partial charge in [-0.2, -0.15) is 0 Å². The van der Waals surface area contributed by atoms with Crippen LogP contribution in [0.4, 0.5) is 0 Å². The summed E-state index contributed by atoms with van der Waals surface area (Å²) in [5.74, 6) is -1.13. The van der Waals surface area contributed by atoms with Gasteiger partial charge in [-0.3, -0.25) is 4.79 Å². The molecule has 1 aromatic carbocycles. The number of aliphatic carboxylic acids is 1. The molecule has 1 aromatic rings. The Bertz CT molecular complexity index is 447. The Balaban J connectivity index is 2.03. The minimum Gasteiger partial charge on any atom is -0.550 e. The Labute approximate surface area is 107 Å². The van der Waals surface area contributed by atoms with Crippen molar-refractivity contribution in [3.63, 3.8) is 0 Å². The SMILES string of the molecule is C[C@H](C(=O)[O-])c1ccc(C[C@@H]2CCCC2=O)cc1. The molecule has 1 aliphatic carbocycles. The molecule has 0 radical (unpaired) electrons. The molecule has 18 heavy (non-hydrogen) atoms.